The van der Waals surface area contributed by atoms with Crippen LogP contribution >= 0.6 is 0 Å². The monoisotopic (exact) mass is 507 g/mol. The zero-order chi connectivity index (χ0) is 25.6. The van der Waals surface area contributed by atoms with E-state index < -0.39 is 15.9 Å². The number of Topliss-reactive ketones (excluding diaryl/α,β-unsaturated/α-hetero) is 1. The normalized spacial score (nSPS) is 17.7. The lowest BCUT2D eigenvalue weighted by molar-refractivity contribution is 0.0524. The molecule has 1 N–H and O–H groups in total. The van der Waals surface area contributed by atoms with E-state index in [1.807, 2.05) is 17.0 Å². The first kappa shape index (κ1) is 26.8. The zero-order valence-electron chi connectivity index (χ0n) is 20.5. The van der Waals surface area contributed by atoms with Gasteiger partial charge in [-0.1, -0.05) is 12.1 Å². The molecule has 1 saturated heterocycles. The molecular formula is C25H33NO8S. The Hall–Kier alpha value is -2.82. The molecule has 1 aliphatic rings. The molecule has 35 heavy (non-hydrogen) atoms. The Morgan fingerprint density at radius 1 is 1.11 bits per heavy atom. The molecule has 1 aliphatic heterocycles. The molecule has 2 atom stereocenters. The first-order valence-electron chi connectivity index (χ1n) is 11.3. The summed E-state index contributed by atoms with van der Waals surface area (Å²) in [5.74, 6) is 2.02. The summed E-state index contributed by atoms with van der Waals surface area (Å²) in [5, 5.41) is 10.8. The molecule has 2 unspecified atom stereocenters. The molecule has 1 heterocycles. The van der Waals surface area contributed by atoms with Gasteiger partial charge in [0, 0.05) is 24.7 Å². The number of benzene rings is 2. The summed E-state index contributed by atoms with van der Waals surface area (Å²) in [6.07, 6.45) is -0.401. The number of hydrogen-bond acceptors (Lipinski definition) is 9. The summed E-state index contributed by atoms with van der Waals surface area (Å²) in [6, 6.07) is 10.2. The SMILES string of the molecule is COc1cc(CN(CC(O)COc2cccc(C(C)=O)c2)C2CCS(=O)(=O)C2)cc(OC)c1OC. The van der Waals surface area contributed by atoms with Gasteiger partial charge >= 0.3 is 0 Å². The van der Waals surface area contributed by atoms with Crippen LogP contribution in [0.1, 0.15) is 29.3 Å². The average Bonchev–Trinajstić information content (AvgIpc) is 3.21. The molecule has 0 radical (unpaired) electrons. The van der Waals surface area contributed by atoms with Gasteiger partial charge in [0.25, 0.3) is 0 Å². The van der Waals surface area contributed by atoms with Crippen LogP contribution < -0.4 is 18.9 Å². The van der Waals surface area contributed by atoms with Crippen molar-refractivity contribution in [2.24, 2.45) is 0 Å². The molecular weight excluding hydrogens is 474 g/mol. The van der Waals surface area contributed by atoms with Crippen LogP contribution in [-0.4, -0.2) is 82.3 Å². The van der Waals surface area contributed by atoms with Crippen LogP contribution in [0.3, 0.4) is 0 Å². The molecule has 0 aromatic heterocycles. The van der Waals surface area contributed by atoms with E-state index in [1.54, 1.807) is 24.3 Å². The number of methoxy groups -OCH3 is 3. The number of aliphatic hydroxyl groups is 1. The topological polar surface area (TPSA) is 112 Å². The van der Waals surface area contributed by atoms with E-state index in [-0.39, 0.29) is 36.5 Å². The fourth-order valence-corrected chi connectivity index (χ4v) is 5.95. The summed E-state index contributed by atoms with van der Waals surface area (Å²) in [4.78, 5) is 13.5. The Bertz CT molecular complexity index is 1110. The summed E-state index contributed by atoms with van der Waals surface area (Å²) < 4.78 is 46.3. The zero-order valence-corrected chi connectivity index (χ0v) is 21.3. The predicted octanol–water partition coefficient (Wildman–Crippen LogP) is 2.34. The molecule has 9 nitrogen and oxygen atoms in total. The lowest BCUT2D eigenvalue weighted by Crippen LogP contribution is -2.42. The number of aliphatic hydroxyl groups excluding tert-OH is 1. The molecule has 0 amide bonds. The van der Waals surface area contributed by atoms with Crippen LogP contribution in [0.15, 0.2) is 36.4 Å². The van der Waals surface area contributed by atoms with Gasteiger partial charge in [0.2, 0.25) is 5.75 Å². The maximum absolute atomic E-state index is 12.2. The van der Waals surface area contributed by atoms with Crippen molar-refractivity contribution in [3.05, 3.63) is 47.5 Å². The van der Waals surface area contributed by atoms with Crippen LogP contribution in [0, 0.1) is 0 Å². The second-order valence-electron chi connectivity index (χ2n) is 8.57. The van der Waals surface area contributed by atoms with E-state index in [0.717, 1.165) is 5.56 Å². The number of hydrogen-bond donors (Lipinski definition) is 1. The summed E-state index contributed by atoms with van der Waals surface area (Å²) in [7, 11) is 1.46. The third kappa shape index (κ3) is 7.09. The van der Waals surface area contributed by atoms with Gasteiger partial charge in [-0.25, -0.2) is 8.42 Å². The molecule has 2 aromatic rings. The standard InChI is InChI=1S/C25H33NO8S/c1-17(27)19-6-5-7-22(12-19)34-15-21(28)14-26(20-8-9-35(29,30)16-20)13-18-10-23(31-2)25(33-4)24(11-18)32-3/h5-7,10-12,20-21,28H,8-9,13-16H2,1-4H3. The van der Waals surface area contributed by atoms with E-state index in [0.29, 0.717) is 41.5 Å². The van der Waals surface area contributed by atoms with Gasteiger partial charge in [0.15, 0.2) is 27.1 Å². The smallest absolute Gasteiger partial charge is 0.203 e. The molecule has 192 valence electrons. The highest BCUT2D eigenvalue weighted by atomic mass is 32.2. The van der Waals surface area contributed by atoms with Gasteiger partial charge in [0.05, 0.1) is 32.8 Å². The number of nitrogens with zero attached hydrogens (tertiary/aromatic N) is 1. The highest BCUT2D eigenvalue weighted by Gasteiger charge is 2.33. The summed E-state index contributed by atoms with van der Waals surface area (Å²) >= 11 is 0. The van der Waals surface area contributed by atoms with Crippen LogP contribution in [0.5, 0.6) is 23.0 Å². The quantitative estimate of drug-likeness (QED) is 0.433. The number of ether oxygens (including phenoxy) is 4. The molecule has 0 spiro atoms. The van der Waals surface area contributed by atoms with Gasteiger partial charge in [-0.2, -0.15) is 0 Å². The van der Waals surface area contributed by atoms with Gasteiger partial charge in [-0.05, 0) is 43.2 Å². The number of carbonyl (C=O) groups excluding carboxylic acids is 1. The largest absolute Gasteiger partial charge is 0.493 e. The minimum absolute atomic E-state index is 0.00736. The third-order valence-corrected chi connectivity index (χ3v) is 7.71. The third-order valence-electron chi connectivity index (χ3n) is 5.96. The van der Waals surface area contributed by atoms with E-state index in [2.05, 4.69) is 0 Å². The maximum Gasteiger partial charge on any atom is 0.203 e. The average molecular weight is 508 g/mol. The van der Waals surface area contributed by atoms with E-state index in [9.17, 15) is 18.3 Å². The Kier molecular flexibility index (Phi) is 8.98. The fourth-order valence-electron chi connectivity index (χ4n) is 4.19. The number of carbonyl (C=O) groups is 1. The van der Waals surface area contributed by atoms with Gasteiger partial charge in [-0.15, -0.1) is 0 Å². The second-order valence-corrected chi connectivity index (χ2v) is 10.8. The van der Waals surface area contributed by atoms with E-state index in [1.165, 1.54) is 28.3 Å². The molecule has 10 heteroatoms. The highest BCUT2D eigenvalue weighted by molar-refractivity contribution is 7.91. The van der Waals surface area contributed by atoms with Crippen molar-refractivity contribution in [3.63, 3.8) is 0 Å². The molecule has 3 rings (SSSR count). The van der Waals surface area contributed by atoms with Gasteiger partial charge in [0.1, 0.15) is 18.5 Å². The summed E-state index contributed by atoms with van der Waals surface area (Å²) in [5.41, 5.74) is 1.35. The van der Waals surface area contributed by atoms with Crippen LogP contribution in [-0.2, 0) is 16.4 Å². The first-order valence-corrected chi connectivity index (χ1v) is 13.1. The lowest BCUT2D eigenvalue weighted by Gasteiger charge is -2.30. The van der Waals surface area contributed by atoms with Crippen molar-refractivity contribution in [2.75, 3.05) is 46.0 Å². The Labute approximate surface area is 206 Å². The fraction of sp³-hybridized carbons (Fsp3) is 0.480. The lowest BCUT2D eigenvalue weighted by atomic mass is 10.1. The predicted molar refractivity (Wildman–Crippen MR) is 132 cm³/mol. The minimum Gasteiger partial charge on any atom is -0.493 e. The van der Waals surface area contributed by atoms with Crippen LogP contribution in [0.25, 0.3) is 0 Å². The van der Waals surface area contributed by atoms with Gasteiger partial charge < -0.3 is 24.1 Å². The maximum atomic E-state index is 12.2. The molecule has 1 fully saturated rings. The summed E-state index contributed by atoms with van der Waals surface area (Å²) in [6.45, 7) is 2.04. The van der Waals surface area contributed by atoms with Crippen molar-refractivity contribution in [1.29, 1.82) is 0 Å². The Balaban J connectivity index is 1.76. The van der Waals surface area contributed by atoms with Crippen LogP contribution in [0.2, 0.25) is 0 Å². The first-order chi connectivity index (χ1) is 16.7. The highest BCUT2D eigenvalue weighted by Crippen LogP contribution is 2.38. The Morgan fingerprint density at radius 3 is 2.34 bits per heavy atom. The number of rotatable bonds is 12. The second kappa shape index (κ2) is 11.7. The molecule has 0 saturated carbocycles. The van der Waals surface area contributed by atoms with Crippen molar-refractivity contribution in [3.8, 4) is 23.0 Å². The van der Waals surface area contributed by atoms with Crippen molar-refractivity contribution in [2.45, 2.75) is 32.0 Å². The minimum atomic E-state index is -3.13. The van der Waals surface area contributed by atoms with Crippen molar-refractivity contribution in [1.82, 2.24) is 4.90 Å². The van der Waals surface area contributed by atoms with E-state index in [4.69, 9.17) is 18.9 Å². The molecule has 0 bridgehead atoms. The van der Waals surface area contributed by atoms with Crippen molar-refractivity contribution >= 4 is 15.6 Å². The molecule has 2 aromatic carbocycles. The van der Waals surface area contributed by atoms with Crippen LogP contribution in [0.4, 0.5) is 0 Å². The number of sulfone groups is 1. The number of ketones is 1. The van der Waals surface area contributed by atoms with E-state index >= 15 is 0 Å². The van der Waals surface area contributed by atoms with Crippen molar-refractivity contribution < 1.29 is 37.3 Å². The van der Waals surface area contributed by atoms with Gasteiger partial charge in [-0.3, -0.25) is 9.69 Å². The molecule has 0 aliphatic carbocycles. The Morgan fingerprint density at radius 2 is 1.80 bits per heavy atom.